The van der Waals surface area contributed by atoms with E-state index in [2.05, 4.69) is 10.5 Å². The highest BCUT2D eigenvalue weighted by Crippen LogP contribution is 2.32. The third-order valence-electron chi connectivity index (χ3n) is 3.42. The normalized spacial score (nSPS) is 12.7. The Hall–Kier alpha value is -3.22. The Morgan fingerprint density at radius 1 is 1.16 bits per heavy atom. The van der Waals surface area contributed by atoms with Crippen molar-refractivity contribution >= 4 is 12.1 Å². The molecule has 1 heterocycles. The molecule has 1 N–H and O–H groups in total. The van der Waals surface area contributed by atoms with Gasteiger partial charge in [-0.05, 0) is 24.3 Å². The number of carbonyl (C=O) groups excluding carboxylic acids is 1. The van der Waals surface area contributed by atoms with E-state index in [1.54, 1.807) is 25.3 Å². The molecule has 0 aromatic heterocycles. The fraction of sp³-hybridized carbons (Fsp3) is 0.222. The Morgan fingerprint density at radius 3 is 2.80 bits per heavy atom. The van der Waals surface area contributed by atoms with E-state index in [0.29, 0.717) is 36.2 Å². The Bertz CT molecular complexity index is 776. The number of nitrogens with zero attached hydrogens (tertiary/aromatic N) is 1. The van der Waals surface area contributed by atoms with E-state index in [1.165, 1.54) is 6.21 Å². The zero-order valence-corrected chi connectivity index (χ0v) is 13.7. The molecule has 7 nitrogen and oxygen atoms in total. The van der Waals surface area contributed by atoms with E-state index in [0.717, 1.165) is 5.56 Å². The first-order chi connectivity index (χ1) is 12.3. The summed E-state index contributed by atoms with van der Waals surface area (Å²) in [6, 6.07) is 12.6. The van der Waals surface area contributed by atoms with Crippen LogP contribution in [0.4, 0.5) is 0 Å². The summed E-state index contributed by atoms with van der Waals surface area (Å²) in [6.45, 7) is 0.825. The van der Waals surface area contributed by atoms with Crippen molar-refractivity contribution in [1.82, 2.24) is 5.43 Å². The number of para-hydroxylation sites is 3. The van der Waals surface area contributed by atoms with Crippen LogP contribution in [0.25, 0.3) is 0 Å². The van der Waals surface area contributed by atoms with Crippen molar-refractivity contribution in [3.8, 4) is 23.0 Å². The summed E-state index contributed by atoms with van der Waals surface area (Å²) >= 11 is 0. The lowest BCUT2D eigenvalue weighted by atomic mass is 10.2. The van der Waals surface area contributed by atoms with Gasteiger partial charge in [0.05, 0.1) is 13.3 Å². The van der Waals surface area contributed by atoms with Crippen molar-refractivity contribution in [2.75, 3.05) is 26.9 Å². The van der Waals surface area contributed by atoms with Crippen LogP contribution in [-0.4, -0.2) is 39.1 Å². The molecule has 0 saturated heterocycles. The highest BCUT2D eigenvalue weighted by molar-refractivity contribution is 5.86. The van der Waals surface area contributed by atoms with Gasteiger partial charge < -0.3 is 18.9 Å². The molecule has 2 aromatic carbocycles. The first-order valence-electron chi connectivity index (χ1n) is 7.74. The van der Waals surface area contributed by atoms with Crippen LogP contribution in [-0.2, 0) is 4.79 Å². The summed E-state index contributed by atoms with van der Waals surface area (Å²) < 4.78 is 21.7. The lowest BCUT2D eigenvalue weighted by molar-refractivity contribution is -0.123. The van der Waals surface area contributed by atoms with Gasteiger partial charge in [-0.1, -0.05) is 18.2 Å². The molecule has 25 heavy (non-hydrogen) atoms. The van der Waals surface area contributed by atoms with E-state index in [9.17, 15) is 4.79 Å². The second-order valence-electron chi connectivity index (χ2n) is 5.10. The maximum Gasteiger partial charge on any atom is 0.277 e. The summed E-state index contributed by atoms with van der Waals surface area (Å²) in [6.07, 6.45) is 1.51. The fourth-order valence-electron chi connectivity index (χ4n) is 2.29. The third-order valence-corrected chi connectivity index (χ3v) is 3.42. The molecule has 130 valence electrons. The number of nitrogens with one attached hydrogen (secondary N) is 1. The smallest absolute Gasteiger partial charge is 0.277 e. The van der Waals surface area contributed by atoms with Gasteiger partial charge in [0, 0.05) is 5.56 Å². The zero-order chi connectivity index (χ0) is 17.5. The van der Waals surface area contributed by atoms with E-state index in [1.807, 2.05) is 24.3 Å². The molecule has 0 fully saturated rings. The summed E-state index contributed by atoms with van der Waals surface area (Å²) in [4.78, 5) is 11.8. The van der Waals surface area contributed by atoms with E-state index < -0.39 is 0 Å². The highest BCUT2D eigenvalue weighted by atomic mass is 16.6. The molecule has 1 amide bonds. The lowest BCUT2D eigenvalue weighted by Gasteiger charge is -2.19. The van der Waals surface area contributed by atoms with Crippen molar-refractivity contribution in [1.29, 1.82) is 0 Å². The SMILES string of the molecule is COc1ccccc1OCC(=O)N/N=C/c1cccc2c1OCCO2. The van der Waals surface area contributed by atoms with E-state index in [4.69, 9.17) is 18.9 Å². The maximum atomic E-state index is 11.8. The molecule has 0 unspecified atom stereocenters. The van der Waals surface area contributed by atoms with Gasteiger partial charge in [0.25, 0.3) is 5.91 Å². The zero-order valence-electron chi connectivity index (χ0n) is 13.7. The standard InChI is InChI=1S/C18H18N2O5/c1-22-14-6-2-3-7-15(14)25-12-17(21)20-19-11-13-5-4-8-16-18(13)24-10-9-23-16/h2-8,11H,9-10,12H2,1H3,(H,20,21)/b19-11+. The Balaban J connectivity index is 1.55. The maximum absolute atomic E-state index is 11.8. The largest absolute Gasteiger partial charge is 0.493 e. The predicted octanol–water partition coefficient (Wildman–Crippen LogP) is 2.00. The molecule has 0 atom stereocenters. The average Bonchev–Trinajstić information content (AvgIpc) is 2.67. The molecular weight excluding hydrogens is 324 g/mol. The van der Waals surface area contributed by atoms with Gasteiger partial charge >= 0.3 is 0 Å². The van der Waals surface area contributed by atoms with Gasteiger partial charge in [-0.3, -0.25) is 4.79 Å². The second kappa shape index (κ2) is 8.05. The minimum Gasteiger partial charge on any atom is -0.493 e. The van der Waals surface area contributed by atoms with Crippen LogP contribution in [0.3, 0.4) is 0 Å². The number of fused-ring (bicyclic) bond motifs is 1. The van der Waals surface area contributed by atoms with Crippen molar-refractivity contribution in [3.05, 3.63) is 48.0 Å². The van der Waals surface area contributed by atoms with Crippen LogP contribution in [0.15, 0.2) is 47.6 Å². The van der Waals surface area contributed by atoms with Crippen LogP contribution in [0.5, 0.6) is 23.0 Å². The summed E-state index contributed by atoms with van der Waals surface area (Å²) in [5.41, 5.74) is 3.14. The van der Waals surface area contributed by atoms with Crippen molar-refractivity contribution in [2.45, 2.75) is 0 Å². The summed E-state index contributed by atoms with van der Waals surface area (Å²) in [7, 11) is 1.54. The molecular formula is C18H18N2O5. The quantitative estimate of drug-likeness (QED) is 0.642. The number of hydrogen-bond donors (Lipinski definition) is 1. The monoisotopic (exact) mass is 342 g/mol. The molecule has 0 bridgehead atoms. The number of amides is 1. The first kappa shape index (κ1) is 16.6. The van der Waals surface area contributed by atoms with Crippen molar-refractivity contribution in [3.63, 3.8) is 0 Å². The van der Waals surface area contributed by atoms with Gasteiger partial charge in [-0.25, -0.2) is 5.43 Å². The molecule has 0 saturated carbocycles. The predicted molar refractivity (Wildman–Crippen MR) is 91.7 cm³/mol. The fourth-order valence-corrected chi connectivity index (χ4v) is 2.29. The van der Waals surface area contributed by atoms with Gasteiger partial charge in [0.15, 0.2) is 29.6 Å². The van der Waals surface area contributed by atoms with Crippen molar-refractivity contribution in [2.24, 2.45) is 5.10 Å². The van der Waals surface area contributed by atoms with Crippen molar-refractivity contribution < 1.29 is 23.7 Å². The number of ether oxygens (including phenoxy) is 4. The van der Waals surface area contributed by atoms with Crippen LogP contribution in [0, 0.1) is 0 Å². The lowest BCUT2D eigenvalue weighted by Crippen LogP contribution is -2.24. The minimum atomic E-state index is -0.385. The molecule has 0 aliphatic carbocycles. The number of methoxy groups -OCH3 is 1. The number of carbonyl (C=O) groups is 1. The Labute approximate surface area is 145 Å². The molecule has 0 spiro atoms. The van der Waals surface area contributed by atoms with E-state index >= 15 is 0 Å². The van der Waals surface area contributed by atoms with Crippen LogP contribution in [0.2, 0.25) is 0 Å². The average molecular weight is 342 g/mol. The number of hydrazone groups is 1. The van der Waals surface area contributed by atoms with Crippen LogP contribution >= 0.6 is 0 Å². The highest BCUT2D eigenvalue weighted by Gasteiger charge is 2.14. The van der Waals surface area contributed by atoms with Gasteiger partial charge in [0.1, 0.15) is 13.2 Å². The number of rotatable bonds is 6. The Morgan fingerprint density at radius 2 is 1.96 bits per heavy atom. The van der Waals surface area contributed by atoms with Gasteiger partial charge in [0.2, 0.25) is 0 Å². The van der Waals surface area contributed by atoms with Crippen LogP contribution in [0.1, 0.15) is 5.56 Å². The Kier molecular flexibility index (Phi) is 5.36. The van der Waals surface area contributed by atoms with Crippen LogP contribution < -0.4 is 24.4 Å². The molecule has 0 radical (unpaired) electrons. The molecule has 1 aliphatic rings. The van der Waals surface area contributed by atoms with Gasteiger partial charge in [-0.15, -0.1) is 0 Å². The topological polar surface area (TPSA) is 78.4 Å². The molecule has 3 rings (SSSR count). The number of benzene rings is 2. The van der Waals surface area contributed by atoms with E-state index in [-0.39, 0.29) is 12.5 Å². The number of hydrogen-bond acceptors (Lipinski definition) is 6. The summed E-state index contributed by atoms with van der Waals surface area (Å²) in [5.74, 6) is 1.96. The molecule has 1 aliphatic heterocycles. The first-order valence-corrected chi connectivity index (χ1v) is 7.74. The minimum absolute atomic E-state index is 0.176. The third kappa shape index (κ3) is 4.20. The summed E-state index contributed by atoms with van der Waals surface area (Å²) in [5, 5.41) is 3.93. The molecule has 7 heteroatoms. The molecule has 2 aromatic rings. The van der Waals surface area contributed by atoms with Gasteiger partial charge in [-0.2, -0.15) is 5.10 Å². The second-order valence-corrected chi connectivity index (χ2v) is 5.10.